The third-order valence-corrected chi connectivity index (χ3v) is 1.04. The van der Waals surface area contributed by atoms with Crippen LogP contribution in [-0.2, 0) is 14.6 Å². The predicted octanol–water partition coefficient (Wildman–Crippen LogP) is -0.951. The molecule has 0 fully saturated rings. The van der Waals surface area contributed by atoms with Crippen molar-refractivity contribution in [3.05, 3.63) is 0 Å². The summed E-state index contributed by atoms with van der Waals surface area (Å²) in [5.74, 6) is -0.683. The van der Waals surface area contributed by atoms with E-state index in [1.54, 1.807) is 0 Å². The molecule has 0 rings (SSSR count). The summed E-state index contributed by atoms with van der Waals surface area (Å²) >= 11 is 0. The highest BCUT2D eigenvalue weighted by atomic mass is 16.6. The van der Waals surface area contributed by atoms with Gasteiger partial charge >= 0.3 is 5.97 Å². The molecule has 65 valence electrons. The van der Waals surface area contributed by atoms with E-state index in [2.05, 4.69) is 4.74 Å². The zero-order valence-electron chi connectivity index (χ0n) is 6.19. The average molecular weight is 163 g/mol. The molecule has 0 saturated carbocycles. The van der Waals surface area contributed by atoms with E-state index < -0.39 is 25.0 Å². The minimum Gasteiger partial charge on any atom is -0.430 e. The Balaban J connectivity index is 3.67. The maximum absolute atomic E-state index is 10.6. The van der Waals surface area contributed by atoms with Crippen LogP contribution in [0.5, 0.6) is 0 Å². The minimum absolute atomic E-state index is 0.0802. The average Bonchev–Trinajstić information content (AvgIpc) is 2.02. The summed E-state index contributed by atoms with van der Waals surface area (Å²) in [6, 6.07) is 0. The van der Waals surface area contributed by atoms with Gasteiger partial charge in [-0.05, 0) is 0 Å². The molecule has 0 amide bonds. The molecular weight excluding hydrogens is 152 g/mol. The van der Waals surface area contributed by atoms with E-state index in [0.29, 0.717) is 0 Å². The van der Waals surface area contributed by atoms with Gasteiger partial charge in [0.15, 0.2) is 0 Å². The standard InChI is InChI=1S/C6H11O5/c1-2-5(9)11-6(10)4(8)3-7/h4,6-8H,2-3H2,1H3. The highest BCUT2D eigenvalue weighted by molar-refractivity contribution is 5.68. The second-order valence-corrected chi connectivity index (χ2v) is 1.96. The van der Waals surface area contributed by atoms with Gasteiger partial charge in [-0.2, -0.15) is 5.11 Å². The van der Waals surface area contributed by atoms with Crippen LogP contribution < -0.4 is 0 Å². The molecule has 5 heteroatoms. The SMILES string of the molecule is CCC(=O)OC([O])C(O)CO. The number of rotatable bonds is 4. The van der Waals surface area contributed by atoms with Crippen molar-refractivity contribution in [3.8, 4) is 0 Å². The third kappa shape index (κ3) is 3.92. The van der Waals surface area contributed by atoms with Gasteiger partial charge in [0.25, 0.3) is 6.29 Å². The molecule has 0 aromatic carbocycles. The number of hydrogen-bond donors (Lipinski definition) is 2. The number of ether oxygens (including phenoxy) is 1. The van der Waals surface area contributed by atoms with Crippen molar-refractivity contribution < 1.29 is 24.9 Å². The Morgan fingerprint density at radius 1 is 1.64 bits per heavy atom. The van der Waals surface area contributed by atoms with Crippen molar-refractivity contribution in [1.29, 1.82) is 0 Å². The summed E-state index contributed by atoms with van der Waals surface area (Å²) < 4.78 is 4.15. The lowest BCUT2D eigenvalue weighted by Crippen LogP contribution is -2.32. The molecule has 1 radical (unpaired) electrons. The van der Waals surface area contributed by atoms with Crippen LogP contribution in [0.15, 0.2) is 0 Å². The molecule has 0 heterocycles. The zero-order valence-corrected chi connectivity index (χ0v) is 6.19. The van der Waals surface area contributed by atoms with E-state index in [4.69, 9.17) is 10.2 Å². The topological polar surface area (TPSA) is 86.7 Å². The summed E-state index contributed by atoms with van der Waals surface area (Å²) in [5.41, 5.74) is 0. The quantitative estimate of drug-likeness (QED) is 0.413. The fraction of sp³-hybridized carbons (Fsp3) is 0.833. The molecular formula is C6H11O5. The maximum Gasteiger partial charge on any atom is 0.307 e. The molecule has 0 aliphatic carbocycles. The lowest BCUT2D eigenvalue weighted by molar-refractivity contribution is -0.207. The van der Waals surface area contributed by atoms with E-state index in [0.717, 1.165) is 0 Å². The first kappa shape index (κ1) is 10.3. The second-order valence-electron chi connectivity index (χ2n) is 1.96. The smallest absolute Gasteiger partial charge is 0.307 e. The van der Waals surface area contributed by atoms with Gasteiger partial charge in [0.1, 0.15) is 6.10 Å². The van der Waals surface area contributed by atoms with Crippen LogP contribution in [0.2, 0.25) is 0 Å². The van der Waals surface area contributed by atoms with E-state index in [-0.39, 0.29) is 6.42 Å². The molecule has 11 heavy (non-hydrogen) atoms. The Labute approximate surface area is 64.2 Å². The van der Waals surface area contributed by atoms with Crippen LogP contribution in [0, 0.1) is 0 Å². The van der Waals surface area contributed by atoms with Crippen LogP contribution in [0.4, 0.5) is 0 Å². The van der Waals surface area contributed by atoms with Crippen LogP contribution in [0.3, 0.4) is 0 Å². The van der Waals surface area contributed by atoms with Crippen molar-refractivity contribution in [2.24, 2.45) is 0 Å². The molecule has 0 saturated heterocycles. The summed E-state index contributed by atoms with van der Waals surface area (Å²) in [4.78, 5) is 10.4. The second kappa shape index (κ2) is 5.06. The molecule has 0 bridgehead atoms. The molecule has 0 aromatic heterocycles. The molecule has 5 nitrogen and oxygen atoms in total. The zero-order chi connectivity index (χ0) is 8.85. The van der Waals surface area contributed by atoms with Crippen molar-refractivity contribution in [2.75, 3.05) is 6.61 Å². The Kier molecular flexibility index (Phi) is 4.76. The highest BCUT2D eigenvalue weighted by Crippen LogP contribution is 1.97. The third-order valence-electron chi connectivity index (χ3n) is 1.04. The lowest BCUT2D eigenvalue weighted by Gasteiger charge is -2.12. The Morgan fingerprint density at radius 2 is 2.18 bits per heavy atom. The monoisotopic (exact) mass is 163 g/mol. The van der Waals surface area contributed by atoms with Crippen molar-refractivity contribution in [1.82, 2.24) is 0 Å². The van der Waals surface area contributed by atoms with Gasteiger partial charge in [-0.1, -0.05) is 6.92 Å². The van der Waals surface area contributed by atoms with Crippen LogP contribution >= 0.6 is 0 Å². The fourth-order valence-corrected chi connectivity index (χ4v) is 0.377. The summed E-state index contributed by atoms with van der Waals surface area (Å²) in [6.45, 7) is 0.825. The molecule has 2 unspecified atom stereocenters. The fourth-order valence-electron chi connectivity index (χ4n) is 0.377. The predicted molar refractivity (Wildman–Crippen MR) is 34.0 cm³/mol. The van der Waals surface area contributed by atoms with Gasteiger partial charge in [-0.3, -0.25) is 4.79 Å². The van der Waals surface area contributed by atoms with Crippen LogP contribution in [0.1, 0.15) is 13.3 Å². The summed E-state index contributed by atoms with van der Waals surface area (Å²) in [7, 11) is 0. The van der Waals surface area contributed by atoms with E-state index in [9.17, 15) is 9.90 Å². The van der Waals surface area contributed by atoms with Crippen molar-refractivity contribution >= 4 is 5.97 Å². The van der Waals surface area contributed by atoms with E-state index >= 15 is 0 Å². The van der Waals surface area contributed by atoms with Gasteiger partial charge in [0.05, 0.1) is 6.61 Å². The molecule has 0 aromatic rings. The van der Waals surface area contributed by atoms with Crippen LogP contribution in [0.25, 0.3) is 0 Å². The summed E-state index contributed by atoms with van der Waals surface area (Å²) in [6.07, 6.45) is -3.34. The Bertz CT molecular complexity index is 124. The number of hydrogen-bond acceptors (Lipinski definition) is 4. The minimum atomic E-state index is -1.88. The molecule has 2 atom stereocenters. The first-order valence-electron chi connectivity index (χ1n) is 3.26. The molecule has 0 aliphatic rings. The normalized spacial score (nSPS) is 15.6. The first-order chi connectivity index (χ1) is 5.11. The number of carbonyl (C=O) groups is 1. The van der Waals surface area contributed by atoms with Gasteiger partial charge < -0.3 is 14.9 Å². The van der Waals surface area contributed by atoms with E-state index in [1.165, 1.54) is 6.92 Å². The van der Waals surface area contributed by atoms with Gasteiger partial charge in [-0.15, -0.1) is 0 Å². The Hall–Kier alpha value is -0.650. The number of aliphatic hydroxyl groups excluding tert-OH is 2. The largest absolute Gasteiger partial charge is 0.430 e. The number of carbonyl (C=O) groups excluding carboxylic acids is 1. The van der Waals surface area contributed by atoms with Gasteiger partial charge in [0.2, 0.25) is 0 Å². The lowest BCUT2D eigenvalue weighted by atomic mass is 10.4. The van der Waals surface area contributed by atoms with Crippen molar-refractivity contribution in [3.63, 3.8) is 0 Å². The van der Waals surface area contributed by atoms with Gasteiger partial charge in [0, 0.05) is 6.42 Å². The Morgan fingerprint density at radius 3 is 2.55 bits per heavy atom. The van der Waals surface area contributed by atoms with Crippen LogP contribution in [-0.4, -0.2) is 35.2 Å². The summed E-state index contributed by atoms with van der Waals surface area (Å²) in [5, 5.41) is 27.5. The highest BCUT2D eigenvalue weighted by Gasteiger charge is 2.20. The number of esters is 1. The van der Waals surface area contributed by atoms with E-state index in [1.807, 2.05) is 0 Å². The molecule has 0 spiro atoms. The molecule has 2 N–H and O–H groups in total. The van der Waals surface area contributed by atoms with Gasteiger partial charge in [-0.25, -0.2) is 0 Å². The molecule has 0 aliphatic heterocycles. The maximum atomic E-state index is 10.6. The first-order valence-corrected chi connectivity index (χ1v) is 3.26. The van der Waals surface area contributed by atoms with Crippen molar-refractivity contribution in [2.45, 2.75) is 25.7 Å². The number of aliphatic hydroxyl groups is 2.